The maximum Gasteiger partial charge on any atom is 1.00 e. The summed E-state index contributed by atoms with van der Waals surface area (Å²) in [6.45, 7) is -0.607. The van der Waals surface area contributed by atoms with Gasteiger partial charge in [-0.1, -0.05) is 24.3 Å². The molecule has 1 aromatic carbocycles. The van der Waals surface area contributed by atoms with E-state index in [9.17, 15) is 12.9 Å². The van der Waals surface area contributed by atoms with Crippen LogP contribution in [-0.4, -0.2) is 16.8 Å². The molecule has 0 radical (unpaired) electrons. The first-order valence-electron chi connectivity index (χ1n) is 5.66. The molecule has 0 spiro atoms. The van der Waals surface area contributed by atoms with Crippen LogP contribution in [0.15, 0.2) is 30.3 Å². The molecule has 0 saturated heterocycles. The monoisotopic (exact) mass is 292 g/mol. The first-order valence-corrected chi connectivity index (χ1v) is 5.66. The third-order valence-electron chi connectivity index (χ3n) is 2.79. The molecule has 1 heterocycles. The molecule has 0 atom stereocenters. The van der Waals surface area contributed by atoms with Crippen LogP contribution in [0.1, 0.15) is 17.0 Å². The van der Waals surface area contributed by atoms with Crippen molar-refractivity contribution in [3.63, 3.8) is 0 Å². The van der Waals surface area contributed by atoms with Gasteiger partial charge in [-0.05, 0) is 25.5 Å². The van der Waals surface area contributed by atoms with Gasteiger partial charge in [0.15, 0.2) is 0 Å². The molecule has 96 valence electrons. The van der Waals surface area contributed by atoms with Gasteiger partial charge in [0.2, 0.25) is 0 Å². The van der Waals surface area contributed by atoms with Crippen LogP contribution < -0.4 is 56.8 Å². The Bertz CT molecular complexity index is 549. The zero-order valence-electron chi connectivity index (χ0n) is 11.2. The predicted octanol–water partition coefficient (Wildman–Crippen LogP) is -0.393. The van der Waals surface area contributed by atoms with Crippen LogP contribution in [0.25, 0.3) is 0 Å². The largest absolute Gasteiger partial charge is 1.00 e. The summed E-state index contributed by atoms with van der Waals surface area (Å²) < 4.78 is 39.2. The minimum absolute atomic E-state index is 0. The summed E-state index contributed by atoms with van der Waals surface area (Å²) in [4.78, 5) is 0. The number of rotatable bonds is 3. The van der Waals surface area contributed by atoms with E-state index in [2.05, 4.69) is 5.10 Å². The van der Waals surface area contributed by atoms with Crippen molar-refractivity contribution in [3.05, 3.63) is 47.3 Å². The van der Waals surface area contributed by atoms with Crippen molar-refractivity contribution in [1.29, 1.82) is 0 Å². The van der Waals surface area contributed by atoms with E-state index in [4.69, 9.17) is 0 Å². The summed E-state index contributed by atoms with van der Waals surface area (Å²) in [5, 5.41) is 4.28. The summed E-state index contributed by atoms with van der Waals surface area (Å²) in [5.74, 6) is 0. The van der Waals surface area contributed by atoms with Crippen LogP contribution in [0.3, 0.4) is 0 Å². The fraction of sp³-hybridized carbons (Fsp3) is 0.250. The Morgan fingerprint density at radius 3 is 2.11 bits per heavy atom. The van der Waals surface area contributed by atoms with Crippen LogP contribution in [0, 0.1) is 13.8 Å². The van der Waals surface area contributed by atoms with Gasteiger partial charge in [-0.2, -0.15) is 5.10 Å². The molecule has 7 heteroatoms. The van der Waals surface area contributed by atoms with E-state index in [0.29, 0.717) is 6.54 Å². The third-order valence-corrected chi connectivity index (χ3v) is 2.79. The van der Waals surface area contributed by atoms with E-state index < -0.39 is 12.4 Å². The van der Waals surface area contributed by atoms with Crippen molar-refractivity contribution < 1.29 is 64.3 Å². The maximum atomic E-state index is 12.5. The number of halogens is 3. The molecule has 0 N–H and O–H groups in total. The first kappa shape index (κ1) is 17.0. The number of hydrogen-bond donors (Lipinski definition) is 0. The van der Waals surface area contributed by atoms with Crippen molar-refractivity contribution in [2.45, 2.75) is 20.4 Å². The molecule has 2 nitrogen and oxygen atoms in total. The quantitative estimate of drug-likeness (QED) is 0.704. The van der Waals surface area contributed by atoms with Gasteiger partial charge in [-0.15, -0.1) is 5.46 Å². The fourth-order valence-electron chi connectivity index (χ4n) is 1.85. The Kier molecular flexibility index (Phi) is 5.88. The molecule has 2 rings (SSSR count). The maximum absolute atomic E-state index is 12.5. The van der Waals surface area contributed by atoms with E-state index in [0.717, 1.165) is 29.1 Å². The second-order valence-corrected chi connectivity index (χ2v) is 4.40. The van der Waals surface area contributed by atoms with Crippen molar-refractivity contribution in [2.24, 2.45) is 0 Å². The average Bonchev–Trinajstić information content (AvgIpc) is 2.57. The standard InChI is InChI=1S/C12H13BF3N2.K/c1-9-7-10(2)18(17-9)8-11-3-5-12(6-4-11)13(14,15)16;/h3-7H,8H2,1-2H3;/q-1;+1. The smallest absolute Gasteiger partial charge is 0.445 e. The Morgan fingerprint density at radius 2 is 1.68 bits per heavy atom. The molecule has 0 aliphatic carbocycles. The van der Waals surface area contributed by atoms with E-state index in [1.807, 2.05) is 19.9 Å². The van der Waals surface area contributed by atoms with Crippen molar-refractivity contribution in [1.82, 2.24) is 9.78 Å². The summed E-state index contributed by atoms with van der Waals surface area (Å²) >= 11 is 0. The Balaban J connectivity index is 0.00000180. The van der Waals surface area contributed by atoms with Crippen LogP contribution >= 0.6 is 0 Å². The minimum atomic E-state index is -4.91. The van der Waals surface area contributed by atoms with E-state index >= 15 is 0 Å². The molecule has 0 unspecified atom stereocenters. The number of hydrogen-bond acceptors (Lipinski definition) is 1. The molecule has 0 amide bonds. The second-order valence-electron chi connectivity index (χ2n) is 4.40. The van der Waals surface area contributed by atoms with Gasteiger partial charge >= 0.3 is 58.4 Å². The normalized spacial score (nSPS) is 11.2. The SMILES string of the molecule is Cc1cc(C)n(Cc2ccc([B-](F)(F)F)cc2)n1.[K+]. The molecule has 2 aromatic rings. The molecule has 19 heavy (non-hydrogen) atoms. The molecule has 0 fully saturated rings. The number of benzene rings is 1. The fourth-order valence-corrected chi connectivity index (χ4v) is 1.85. The van der Waals surface area contributed by atoms with Gasteiger partial charge in [0.1, 0.15) is 0 Å². The van der Waals surface area contributed by atoms with Gasteiger partial charge < -0.3 is 12.9 Å². The zero-order valence-corrected chi connectivity index (χ0v) is 14.3. The molecule has 0 aliphatic rings. The molecular weight excluding hydrogens is 279 g/mol. The van der Waals surface area contributed by atoms with E-state index in [1.54, 1.807) is 4.68 Å². The van der Waals surface area contributed by atoms with Crippen molar-refractivity contribution in [2.75, 3.05) is 0 Å². The Morgan fingerprint density at radius 1 is 1.11 bits per heavy atom. The number of aromatic nitrogens is 2. The molecule has 0 aliphatic heterocycles. The van der Waals surface area contributed by atoms with Gasteiger partial charge in [-0.25, -0.2) is 0 Å². The molecule has 0 saturated carbocycles. The first-order chi connectivity index (χ1) is 8.36. The molecule has 1 aromatic heterocycles. The average molecular weight is 292 g/mol. The van der Waals surface area contributed by atoms with Gasteiger partial charge in [-0.3, -0.25) is 4.68 Å². The Labute approximate surface area is 152 Å². The molecular formula is C12H13BF3KN2. The van der Waals surface area contributed by atoms with Crippen LogP contribution in [0.2, 0.25) is 0 Å². The van der Waals surface area contributed by atoms with Gasteiger partial charge in [0.25, 0.3) is 0 Å². The zero-order chi connectivity index (χ0) is 13.3. The van der Waals surface area contributed by atoms with Crippen LogP contribution in [0.5, 0.6) is 0 Å². The second kappa shape index (κ2) is 6.58. The summed E-state index contributed by atoms with van der Waals surface area (Å²) in [5.41, 5.74) is 2.15. The van der Waals surface area contributed by atoms with Crippen LogP contribution in [-0.2, 0) is 6.54 Å². The topological polar surface area (TPSA) is 17.8 Å². The third kappa shape index (κ3) is 4.46. The van der Waals surface area contributed by atoms with Crippen molar-refractivity contribution >= 4 is 12.4 Å². The summed E-state index contributed by atoms with van der Waals surface area (Å²) in [6.07, 6.45) is 0. The predicted molar refractivity (Wildman–Crippen MR) is 66.0 cm³/mol. The van der Waals surface area contributed by atoms with E-state index in [-0.39, 0.29) is 51.4 Å². The number of aryl methyl sites for hydroxylation is 2. The number of nitrogens with zero attached hydrogens (tertiary/aromatic N) is 2. The summed E-state index contributed by atoms with van der Waals surface area (Å²) in [7, 11) is 0. The summed E-state index contributed by atoms with van der Waals surface area (Å²) in [6, 6.07) is 7.19. The van der Waals surface area contributed by atoms with Crippen LogP contribution in [0.4, 0.5) is 12.9 Å². The molecule has 0 bridgehead atoms. The van der Waals surface area contributed by atoms with Gasteiger partial charge in [0, 0.05) is 5.69 Å². The van der Waals surface area contributed by atoms with E-state index in [1.165, 1.54) is 12.1 Å². The van der Waals surface area contributed by atoms with Gasteiger partial charge in [0.05, 0.1) is 12.2 Å². The minimum Gasteiger partial charge on any atom is -0.445 e. The Hall–Kier alpha value is -0.0787. The van der Waals surface area contributed by atoms with Crippen molar-refractivity contribution in [3.8, 4) is 0 Å².